The molecule has 0 aliphatic rings. The number of carbonyl (C=O) groups excluding carboxylic acids is 1. The second-order valence-corrected chi connectivity index (χ2v) is 5.62. The zero-order chi connectivity index (χ0) is 16.5. The second-order valence-electron chi connectivity index (χ2n) is 5.22. The van der Waals surface area contributed by atoms with Crippen molar-refractivity contribution < 1.29 is 9.53 Å². The van der Waals surface area contributed by atoms with Crippen LogP contribution in [0, 0.1) is 6.92 Å². The molecule has 2 rings (SSSR count). The molecule has 0 spiro atoms. The van der Waals surface area contributed by atoms with Gasteiger partial charge in [0, 0.05) is 18.1 Å². The molecule has 0 fully saturated rings. The van der Waals surface area contributed by atoms with Gasteiger partial charge in [0.15, 0.2) is 0 Å². The highest BCUT2D eigenvalue weighted by Crippen LogP contribution is 2.14. The summed E-state index contributed by atoms with van der Waals surface area (Å²) in [6, 6.07) is 15.1. The Bertz CT molecular complexity index is 629. The van der Waals surface area contributed by atoms with Crippen molar-refractivity contribution in [3.63, 3.8) is 0 Å². The molecular formula is C18H21ClN2O2. The van der Waals surface area contributed by atoms with E-state index >= 15 is 0 Å². The van der Waals surface area contributed by atoms with Gasteiger partial charge in [-0.3, -0.25) is 0 Å². The first-order valence-corrected chi connectivity index (χ1v) is 7.97. The molecule has 0 atom stereocenters. The maximum Gasteiger partial charge on any atom is 0.315 e. The molecule has 122 valence electrons. The van der Waals surface area contributed by atoms with Gasteiger partial charge in [-0.25, -0.2) is 4.79 Å². The minimum atomic E-state index is -0.208. The molecule has 2 aromatic carbocycles. The first-order valence-electron chi connectivity index (χ1n) is 7.60. The number of hydrogen-bond acceptors (Lipinski definition) is 2. The first-order chi connectivity index (χ1) is 11.1. The quantitative estimate of drug-likeness (QED) is 0.755. The van der Waals surface area contributed by atoms with Gasteiger partial charge < -0.3 is 15.4 Å². The fourth-order valence-electron chi connectivity index (χ4n) is 1.98. The van der Waals surface area contributed by atoms with E-state index in [9.17, 15) is 4.79 Å². The molecular weight excluding hydrogens is 312 g/mol. The van der Waals surface area contributed by atoms with Crippen LogP contribution in [-0.2, 0) is 6.54 Å². The van der Waals surface area contributed by atoms with E-state index in [2.05, 4.69) is 10.6 Å². The van der Waals surface area contributed by atoms with Gasteiger partial charge in [0.1, 0.15) is 5.75 Å². The van der Waals surface area contributed by atoms with Crippen LogP contribution in [-0.4, -0.2) is 19.2 Å². The number of aryl methyl sites for hydroxylation is 1. The number of nitrogens with one attached hydrogen (secondary N) is 2. The molecule has 0 aliphatic carbocycles. The lowest BCUT2D eigenvalue weighted by Crippen LogP contribution is -2.36. The Morgan fingerprint density at radius 1 is 1.09 bits per heavy atom. The maximum absolute atomic E-state index is 11.7. The van der Waals surface area contributed by atoms with Crippen molar-refractivity contribution in [2.24, 2.45) is 0 Å². The average Bonchev–Trinajstić information content (AvgIpc) is 2.55. The Morgan fingerprint density at radius 2 is 1.83 bits per heavy atom. The highest BCUT2D eigenvalue weighted by atomic mass is 35.5. The van der Waals surface area contributed by atoms with Crippen molar-refractivity contribution in [2.75, 3.05) is 13.2 Å². The van der Waals surface area contributed by atoms with Crippen LogP contribution in [0.5, 0.6) is 5.75 Å². The Labute approximate surface area is 141 Å². The first kappa shape index (κ1) is 17.2. The number of ether oxygens (including phenoxy) is 1. The summed E-state index contributed by atoms with van der Waals surface area (Å²) in [7, 11) is 0. The van der Waals surface area contributed by atoms with Crippen molar-refractivity contribution in [3.8, 4) is 5.75 Å². The molecule has 2 amide bonds. The van der Waals surface area contributed by atoms with E-state index < -0.39 is 0 Å². The Balaban J connectivity index is 1.58. The van der Waals surface area contributed by atoms with Crippen molar-refractivity contribution in [1.82, 2.24) is 10.6 Å². The standard InChI is InChI=1S/C18H21ClN2O2/c1-14-7-9-16(10-8-14)23-12-4-11-20-18(22)21-13-15-5-2-3-6-17(15)19/h2-3,5-10H,4,11-13H2,1H3,(H2,20,21,22). The van der Waals surface area contributed by atoms with Gasteiger partial charge in [0.25, 0.3) is 0 Å². The van der Waals surface area contributed by atoms with Gasteiger partial charge in [-0.2, -0.15) is 0 Å². The van der Waals surface area contributed by atoms with Crippen LogP contribution in [0.3, 0.4) is 0 Å². The summed E-state index contributed by atoms with van der Waals surface area (Å²) < 4.78 is 5.60. The lowest BCUT2D eigenvalue weighted by molar-refractivity contribution is 0.238. The zero-order valence-electron chi connectivity index (χ0n) is 13.1. The third-order valence-electron chi connectivity index (χ3n) is 3.29. The second kappa shape index (κ2) is 9.06. The van der Waals surface area contributed by atoms with Crippen LogP contribution < -0.4 is 15.4 Å². The van der Waals surface area contributed by atoms with E-state index in [4.69, 9.17) is 16.3 Å². The number of hydrogen-bond donors (Lipinski definition) is 2. The van der Waals surface area contributed by atoms with Crippen LogP contribution in [0.4, 0.5) is 4.79 Å². The third kappa shape index (κ3) is 6.20. The maximum atomic E-state index is 11.7. The molecule has 0 bridgehead atoms. The van der Waals surface area contributed by atoms with Gasteiger partial charge in [-0.1, -0.05) is 47.5 Å². The van der Waals surface area contributed by atoms with Gasteiger partial charge in [-0.05, 0) is 37.1 Å². The molecule has 0 radical (unpaired) electrons. The number of rotatable bonds is 7. The molecule has 0 unspecified atom stereocenters. The van der Waals surface area contributed by atoms with E-state index in [1.54, 1.807) is 6.07 Å². The summed E-state index contributed by atoms with van der Waals surface area (Å²) in [6.45, 7) is 3.56. The van der Waals surface area contributed by atoms with Crippen molar-refractivity contribution >= 4 is 17.6 Å². The Hall–Kier alpha value is -2.20. The number of carbonyl (C=O) groups is 1. The Morgan fingerprint density at radius 3 is 2.57 bits per heavy atom. The van der Waals surface area contributed by atoms with E-state index in [0.29, 0.717) is 24.7 Å². The number of amides is 2. The highest BCUT2D eigenvalue weighted by molar-refractivity contribution is 6.31. The zero-order valence-corrected chi connectivity index (χ0v) is 13.9. The van der Waals surface area contributed by atoms with Gasteiger partial charge in [0.05, 0.1) is 6.61 Å². The van der Waals surface area contributed by atoms with E-state index in [1.807, 2.05) is 49.4 Å². The van der Waals surface area contributed by atoms with Gasteiger partial charge in [-0.15, -0.1) is 0 Å². The predicted octanol–water partition coefficient (Wildman–Crippen LogP) is 3.92. The monoisotopic (exact) mass is 332 g/mol. The molecule has 0 aliphatic heterocycles. The molecule has 0 aromatic heterocycles. The summed E-state index contributed by atoms with van der Waals surface area (Å²) in [5.41, 5.74) is 2.10. The highest BCUT2D eigenvalue weighted by Gasteiger charge is 2.02. The van der Waals surface area contributed by atoms with Gasteiger partial charge in [0.2, 0.25) is 0 Å². The lowest BCUT2D eigenvalue weighted by atomic mass is 10.2. The van der Waals surface area contributed by atoms with Crippen LogP contribution >= 0.6 is 11.6 Å². The lowest BCUT2D eigenvalue weighted by Gasteiger charge is -2.09. The molecule has 2 N–H and O–H groups in total. The van der Waals surface area contributed by atoms with Crippen molar-refractivity contribution in [1.29, 1.82) is 0 Å². The summed E-state index contributed by atoms with van der Waals surface area (Å²) in [5.74, 6) is 0.846. The van der Waals surface area contributed by atoms with Gasteiger partial charge >= 0.3 is 6.03 Å². The normalized spacial score (nSPS) is 10.2. The minimum absolute atomic E-state index is 0.208. The number of halogens is 1. The predicted molar refractivity (Wildman–Crippen MR) is 93.0 cm³/mol. The van der Waals surface area contributed by atoms with E-state index in [0.717, 1.165) is 17.7 Å². The smallest absolute Gasteiger partial charge is 0.315 e. The van der Waals surface area contributed by atoms with Crippen molar-refractivity contribution in [2.45, 2.75) is 19.9 Å². The molecule has 23 heavy (non-hydrogen) atoms. The SMILES string of the molecule is Cc1ccc(OCCCNC(=O)NCc2ccccc2Cl)cc1. The molecule has 5 heteroatoms. The largest absolute Gasteiger partial charge is 0.494 e. The fraction of sp³-hybridized carbons (Fsp3) is 0.278. The topological polar surface area (TPSA) is 50.4 Å². The number of benzene rings is 2. The summed E-state index contributed by atoms with van der Waals surface area (Å²) in [6.07, 6.45) is 0.743. The van der Waals surface area contributed by atoms with Crippen LogP contribution in [0.25, 0.3) is 0 Å². The summed E-state index contributed by atoms with van der Waals surface area (Å²) >= 11 is 6.03. The average molecular weight is 333 g/mol. The fourth-order valence-corrected chi connectivity index (χ4v) is 2.18. The molecule has 2 aromatic rings. The molecule has 0 saturated heterocycles. The Kier molecular flexibility index (Phi) is 6.76. The summed E-state index contributed by atoms with van der Waals surface area (Å²) in [4.78, 5) is 11.7. The molecule has 0 saturated carbocycles. The van der Waals surface area contributed by atoms with Crippen LogP contribution in [0.2, 0.25) is 5.02 Å². The molecule has 0 heterocycles. The molecule has 4 nitrogen and oxygen atoms in total. The van der Waals surface area contributed by atoms with Crippen LogP contribution in [0.1, 0.15) is 17.5 Å². The van der Waals surface area contributed by atoms with Crippen LogP contribution in [0.15, 0.2) is 48.5 Å². The van der Waals surface area contributed by atoms with Crippen molar-refractivity contribution in [3.05, 3.63) is 64.7 Å². The summed E-state index contributed by atoms with van der Waals surface area (Å²) in [5, 5.41) is 6.23. The van der Waals surface area contributed by atoms with E-state index in [-0.39, 0.29) is 6.03 Å². The third-order valence-corrected chi connectivity index (χ3v) is 3.66. The minimum Gasteiger partial charge on any atom is -0.494 e. The number of urea groups is 1. The van der Waals surface area contributed by atoms with E-state index in [1.165, 1.54) is 5.56 Å².